The number of rotatable bonds is 9. The first-order valence-electron chi connectivity index (χ1n) is 25.3. The molecular formula is C70H58O. The minimum Gasteiger partial charge on any atom is -0.473 e. The summed E-state index contributed by atoms with van der Waals surface area (Å²) in [4.78, 5) is 0. The minimum atomic E-state index is -0.989. The van der Waals surface area contributed by atoms with Gasteiger partial charge < -0.3 is 4.74 Å². The Hall–Kier alpha value is -8.00. The molecule has 0 saturated carbocycles. The zero-order valence-electron chi connectivity index (χ0n) is 41.4. The molecule has 0 spiro atoms. The smallest absolute Gasteiger partial charge is 0.184 e. The number of fused-ring (bicyclic) bond motifs is 10. The van der Waals surface area contributed by atoms with Gasteiger partial charge in [0.15, 0.2) is 5.60 Å². The third-order valence-electron chi connectivity index (χ3n) is 15.9. The monoisotopic (exact) mass is 914 g/mol. The van der Waals surface area contributed by atoms with E-state index in [1.54, 1.807) is 0 Å². The largest absolute Gasteiger partial charge is 0.473 e. The molecule has 10 aromatic carbocycles. The fourth-order valence-electron chi connectivity index (χ4n) is 12.5. The van der Waals surface area contributed by atoms with E-state index in [4.69, 9.17) is 4.74 Å². The Morgan fingerprint density at radius 1 is 0.507 bits per heavy atom. The highest BCUT2D eigenvalue weighted by Crippen LogP contribution is 2.55. The van der Waals surface area contributed by atoms with E-state index >= 15 is 0 Å². The third-order valence-corrected chi connectivity index (χ3v) is 15.9. The standard InChI is InChI=1S/C70H58O/c1-7-24-48(25-8-2)70(49-28-14-10-15-29-49,71-51-30-16-11-17-31-51)50-40-38-47(39-41-50)67-57-37-23-22-36-56(57)66(46-26-12-9-13-27-46)60-44-64-65(45-61(60)67)69(5,6)63-43-59-55-35-21-19-33-53(55)52-32-18-20-34-54(52)58(59)42-62(63)68(64,3)4/h7-18,20-32,34-45H,1,19,33H2,2-6H3/b25-8-,48-24+. The summed E-state index contributed by atoms with van der Waals surface area (Å²) in [6.45, 7) is 16.1. The third kappa shape index (κ3) is 6.89. The quantitative estimate of drug-likeness (QED) is 0.0796. The van der Waals surface area contributed by atoms with E-state index in [2.05, 4.69) is 229 Å². The fourth-order valence-corrected chi connectivity index (χ4v) is 12.5. The maximum absolute atomic E-state index is 7.33. The number of para-hydroxylation sites is 1. The summed E-state index contributed by atoms with van der Waals surface area (Å²) in [6.07, 6.45) is 15.1. The van der Waals surface area contributed by atoms with Crippen LogP contribution in [0.1, 0.15) is 85.5 Å². The van der Waals surface area contributed by atoms with Crippen LogP contribution in [0.4, 0.5) is 0 Å². The molecule has 1 atom stereocenters. The van der Waals surface area contributed by atoms with Crippen molar-refractivity contribution in [2.45, 2.75) is 63.9 Å². The van der Waals surface area contributed by atoms with Crippen LogP contribution in [0.15, 0.2) is 231 Å². The number of hydrogen-bond donors (Lipinski definition) is 0. The Kier molecular flexibility index (Phi) is 10.7. The Balaban J connectivity index is 1.13. The molecule has 12 rings (SSSR count). The Morgan fingerprint density at radius 2 is 0.986 bits per heavy atom. The Labute approximate surface area is 418 Å². The van der Waals surface area contributed by atoms with E-state index in [1.165, 1.54) is 93.2 Å². The van der Waals surface area contributed by atoms with Gasteiger partial charge >= 0.3 is 0 Å². The molecule has 71 heavy (non-hydrogen) atoms. The number of allylic oxidation sites excluding steroid dienone is 4. The zero-order chi connectivity index (χ0) is 48.5. The lowest BCUT2D eigenvalue weighted by Gasteiger charge is -2.45. The van der Waals surface area contributed by atoms with Crippen LogP contribution in [-0.2, 0) is 22.9 Å². The fraction of sp³-hybridized carbons (Fsp3) is 0.143. The van der Waals surface area contributed by atoms with Gasteiger partial charge in [0.05, 0.1) is 0 Å². The first kappa shape index (κ1) is 44.2. The zero-order valence-corrected chi connectivity index (χ0v) is 41.4. The van der Waals surface area contributed by atoms with E-state index in [0.29, 0.717) is 0 Å². The van der Waals surface area contributed by atoms with Crippen LogP contribution in [0, 0.1) is 0 Å². The van der Waals surface area contributed by atoms with Gasteiger partial charge in [-0.05, 0) is 155 Å². The van der Waals surface area contributed by atoms with Gasteiger partial charge in [0.1, 0.15) is 5.75 Å². The molecule has 0 radical (unpaired) electrons. The number of hydrogen-bond acceptors (Lipinski definition) is 1. The molecule has 0 amide bonds. The molecule has 2 aliphatic carbocycles. The summed E-state index contributed by atoms with van der Waals surface area (Å²) in [7, 11) is 0. The van der Waals surface area contributed by atoms with Gasteiger partial charge in [0, 0.05) is 27.5 Å². The number of benzene rings is 10. The lowest BCUT2D eigenvalue weighted by molar-refractivity contribution is 0.154. The predicted octanol–water partition coefficient (Wildman–Crippen LogP) is 18.6. The van der Waals surface area contributed by atoms with Gasteiger partial charge in [-0.15, -0.1) is 0 Å². The van der Waals surface area contributed by atoms with Gasteiger partial charge in [0.25, 0.3) is 0 Å². The van der Waals surface area contributed by atoms with E-state index in [0.717, 1.165) is 40.9 Å². The number of ether oxygens (including phenoxy) is 1. The molecule has 0 fully saturated rings. The second-order valence-corrected chi connectivity index (χ2v) is 20.6. The van der Waals surface area contributed by atoms with E-state index < -0.39 is 5.60 Å². The van der Waals surface area contributed by atoms with Crippen molar-refractivity contribution in [3.8, 4) is 28.0 Å². The second-order valence-electron chi connectivity index (χ2n) is 20.6. The van der Waals surface area contributed by atoms with Crippen LogP contribution in [0.5, 0.6) is 5.75 Å². The number of aryl methyl sites for hydroxylation is 1. The molecule has 0 N–H and O–H groups in total. The van der Waals surface area contributed by atoms with Crippen LogP contribution in [0.25, 0.3) is 71.4 Å². The average molecular weight is 915 g/mol. The first-order chi connectivity index (χ1) is 34.6. The Morgan fingerprint density at radius 3 is 1.56 bits per heavy atom. The van der Waals surface area contributed by atoms with Crippen LogP contribution >= 0.6 is 0 Å². The molecule has 0 aliphatic heterocycles. The van der Waals surface area contributed by atoms with Crippen molar-refractivity contribution >= 4 is 49.2 Å². The Bertz CT molecular complexity index is 3830. The summed E-state index contributed by atoms with van der Waals surface area (Å²) in [5.41, 5.74) is 14.8. The lowest BCUT2D eigenvalue weighted by Crippen LogP contribution is -2.36. The second kappa shape index (κ2) is 17.1. The van der Waals surface area contributed by atoms with Crippen molar-refractivity contribution in [3.63, 3.8) is 0 Å². The topological polar surface area (TPSA) is 9.23 Å². The predicted molar refractivity (Wildman–Crippen MR) is 303 cm³/mol. The highest BCUT2D eigenvalue weighted by atomic mass is 16.5. The highest BCUT2D eigenvalue weighted by molar-refractivity contribution is 6.22. The van der Waals surface area contributed by atoms with Crippen LogP contribution in [-0.4, -0.2) is 0 Å². The molecule has 1 unspecified atom stereocenters. The lowest BCUT2D eigenvalue weighted by atomic mass is 9.59. The highest BCUT2D eigenvalue weighted by Gasteiger charge is 2.44. The van der Waals surface area contributed by atoms with Crippen molar-refractivity contribution < 1.29 is 4.74 Å². The van der Waals surface area contributed by atoms with Gasteiger partial charge in [-0.25, -0.2) is 0 Å². The van der Waals surface area contributed by atoms with Gasteiger partial charge in [-0.2, -0.15) is 0 Å². The van der Waals surface area contributed by atoms with Crippen molar-refractivity contribution in [2.24, 2.45) is 0 Å². The molecule has 0 bridgehead atoms. The molecular weight excluding hydrogens is 857 g/mol. The van der Waals surface area contributed by atoms with Crippen LogP contribution in [0.3, 0.4) is 0 Å². The van der Waals surface area contributed by atoms with Crippen molar-refractivity contribution in [2.75, 3.05) is 0 Å². The van der Waals surface area contributed by atoms with E-state index in [9.17, 15) is 0 Å². The molecule has 0 aromatic heterocycles. The van der Waals surface area contributed by atoms with Crippen molar-refractivity contribution in [3.05, 3.63) is 275 Å². The SMILES string of the molecule is C=C/C=C(\C=C/C)C(Oc1ccccc1)(c1ccccc1)c1ccc(-c2c3ccccc3c(-c3ccccc3)c3cc4c(cc23)C(C)(C)c2cc3c5c(c6ccccc6c3cc2C4(C)C)CCC=C5)cc1. The maximum atomic E-state index is 7.33. The summed E-state index contributed by atoms with van der Waals surface area (Å²) >= 11 is 0. The molecule has 344 valence electrons. The van der Waals surface area contributed by atoms with E-state index in [-0.39, 0.29) is 10.8 Å². The minimum absolute atomic E-state index is 0.292. The van der Waals surface area contributed by atoms with Crippen LogP contribution in [0.2, 0.25) is 0 Å². The van der Waals surface area contributed by atoms with Gasteiger partial charge in [-0.3, -0.25) is 0 Å². The van der Waals surface area contributed by atoms with Gasteiger partial charge in [0.2, 0.25) is 0 Å². The molecule has 0 saturated heterocycles. The molecule has 1 nitrogen and oxygen atoms in total. The van der Waals surface area contributed by atoms with Crippen molar-refractivity contribution in [1.82, 2.24) is 0 Å². The van der Waals surface area contributed by atoms with Crippen molar-refractivity contribution in [1.29, 1.82) is 0 Å². The summed E-state index contributed by atoms with van der Waals surface area (Å²) in [6, 6.07) is 69.4. The molecule has 10 aromatic rings. The van der Waals surface area contributed by atoms with Gasteiger partial charge in [-0.1, -0.05) is 222 Å². The van der Waals surface area contributed by atoms with E-state index in [1.807, 2.05) is 36.4 Å². The maximum Gasteiger partial charge on any atom is 0.184 e. The molecule has 1 heteroatoms. The summed E-state index contributed by atoms with van der Waals surface area (Å²) in [5.74, 6) is 0.781. The van der Waals surface area contributed by atoms with Crippen LogP contribution < -0.4 is 4.74 Å². The molecule has 0 heterocycles. The average Bonchev–Trinajstić information content (AvgIpc) is 3.41. The first-order valence-corrected chi connectivity index (χ1v) is 25.3. The summed E-state index contributed by atoms with van der Waals surface area (Å²) in [5, 5.41) is 10.4. The summed E-state index contributed by atoms with van der Waals surface area (Å²) < 4.78 is 7.33. The normalized spacial score (nSPS) is 15.6. The molecule has 2 aliphatic rings.